The zero-order valence-corrected chi connectivity index (χ0v) is 16.9. The van der Waals surface area contributed by atoms with E-state index in [1.54, 1.807) is 0 Å². The summed E-state index contributed by atoms with van der Waals surface area (Å²) >= 11 is 0. The van der Waals surface area contributed by atoms with Crippen molar-refractivity contribution in [1.29, 1.82) is 0 Å². The van der Waals surface area contributed by atoms with Gasteiger partial charge in [-0.05, 0) is 41.8 Å². The van der Waals surface area contributed by atoms with Gasteiger partial charge in [0, 0.05) is 19.2 Å². The van der Waals surface area contributed by atoms with Crippen molar-refractivity contribution in [2.45, 2.75) is 37.8 Å². The minimum atomic E-state index is -0.391. The predicted molar refractivity (Wildman–Crippen MR) is 112 cm³/mol. The van der Waals surface area contributed by atoms with E-state index in [9.17, 15) is 4.79 Å². The van der Waals surface area contributed by atoms with E-state index in [-0.39, 0.29) is 5.91 Å². The largest absolute Gasteiger partial charge is 0.340 e. The first-order valence-electron chi connectivity index (χ1n) is 9.99. The molecule has 0 saturated heterocycles. The van der Waals surface area contributed by atoms with Crippen LogP contribution < -0.4 is 5.32 Å². The molecule has 1 amide bonds. The minimum absolute atomic E-state index is 0.184. The van der Waals surface area contributed by atoms with Crippen LogP contribution in [-0.2, 0) is 11.3 Å². The van der Waals surface area contributed by atoms with Crippen molar-refractivity contribution < 1.29 is 4.79 Å². The van der Waals surface area contributed by atoms with E-state index >= 15 is 0 Å². The van der Waals surface area contributed by atoms with Crippen molar-refractivity contribution in [3.05, 3.63) is 54.1 Å². The van der Waals surface area contributed by atoms with Gasteiger partial charge in [-0.15, -0.1) is 10.2 Å². The Morgan fingerprint density at radius 3 is 2.41 bits per heavy atom. The normalized spacial score (nSPS) is 15.4. The second kappa shape index (κ2) is 8.13. The van der Waals surface area contributed by atoms with Gasteiger partial charge in [0.1, 0.15) is 0 Å². The summed E-state index contributed by atoms with van der Waals surface area (Å²) in [4.78, 5) is 14.8. The van der Waals surface area contributed by atoms with Crippen LogP contribution in [0.15, 0.2) is 48.5 Å². The number of hydrogen-bond donors (Lipinski definition) is 2. The molecule has 1 aliphatic carbocycles. The lowest BCUT2D eigenvalue weighted by atomic mass is 9.95. The molecule has 4 rings (SSSR count). The van der Waals surface area contributed by atoms with Crippen LogP contribution in [0.2, 0.25) is 0 Å². The highest BCUT2D eigenvalue weighted by molar-refractivity contribution is 5.86. The zero-order chi connectivity index (χ0) is 20.3. The number of carbonyl (C=O) groups is 1. The standard InChI is InChI=1S/C22H26N6O/c1-23-22(13-5-6-14-22)21(29)28(2)15-16-9-11-17(12-10-16)18-7-3-4-8-19(18)20-24-26-27-25-20/h3-4,7-12,23H,5-6,13-15H2,1-2H3,(H,24,25,26,27). The average molecular weight is 390 g/mol. The molecule has 7 heteroatoms. The van der Waals surface area contributed by atoms with E-state index in [0.29, 0.717) is 12.4 Å². The second-order valence-electron chi connectivity index (χ2n) is 7.68. The maximum Gasteiger partial charge on any atom is 0.242 e. The molecule has 0 aliphatic heterocycles. The second-order valence-corrected chi connectivity index (χ2v) is 7.68. The van der Waals surface area contributed by atoms with Crippen molar-refractivity contribution in [1.82, 2.24) is 30.8 Å². The molecule has 2 N–H and O–H groups in total. The number of aromatic nitrogens is 4. The van der Waals surface area contributed by atoms with E-state index in [2.05, 4.69) is 50.2 Å². The van der Waals surface area contributed by atoms with E-state index in [1.807, 2.05) is 43.3 Å². The first kappa shape index (κ1) is 19.3. The Morgan fingerprint density at radius 1 is 1.10 bits per heavy atom. The number of benzene rings is 2. The molecular weight excluding hydrogens is 364 g/mol. The van der Waals surface area contributed by atoms with Gasteiger partial charge in [-0.1, -0.05) is 61.4 Å². The minimum Gasteiger partial charge on any atom is -0.340 e. The number of rotatable bonds is 6. The van der Waals surface area contributed by atoms with Crippen LogP contribution in [0.5, 0.6) is 0 Å². The van der Waals surface area contributed by atoms with Crippen LogP contribution in [-0.4, -0.2) is 51.1 Å². The van der Waals surface area contributed by atoms with Crippen molar-refractivity contribution in [2.75, 3.05) is 14.1 Å². The fourth-order valence-corrected chi connectivity index (χ4v) is 4.26. The van der Waals surface area contributed by atoms with E-state index in [1.165, 1.54) is 0 Å². The summed E-state index contributed by atoms with van der Waals surface area (Å²) in [5.41, 5.74) is 3.76. The number of nitrogens with zero attached hydrogens (tertiary/aromatic N) is 4. The van der Waals surface area contributed by atoms with Crippen molar-refractivity contribution in [3.8, 4) is 22.5 Å². The molecule has 3 aromatic rings. The molecule has 0 unspecified atom stereocenters. The van der Waals surface area contributed by atoms with Gasteiger partial charge in [0.25, 0.3) is 0 Å². The molecule has 1 aromatic heterocycles. The summed E-state index contributed by atoms with van der Waals surface area (Å²) in [5, 5.41) is 17.7. The Morgan fingerprint density at radius 2 is 1.79 bits per heavy atom. The van der Waals surface area contributed by atoms with Crippen LogP contribution in [0, 0.1) is 0 Å². The molecule has 1 fully saturated rings. The lowest BCUT2D eigenvalue weighted by molar-refractivity contribution is -0.137. The lowest BCUT2D eigenvalue weighted by Crippen LogP contribution is -2.53. The zero-order valence-electron chi connectivity index (χ0n) is 16.9. The third-order valence-corrected chi connectivity index (χ3v) is 5.89. The maximum absolute atomic E-state index is 13.0. The van der Waals surface area contributed by atoms with Gasteiger partial charge < -0.3 is 10.2 Å². The summed E-state index contributed by atoms with van der Waals surface area (Å²) in [5.74, 6) is 0.757. The number of aromatic amines is 1. The number of tetrazole rings is 1. The quantitative estimate of drug-likeness (QED) is 0.676. The Bertz CT molecular complexity index is 961. The summed E-state index contributed by atoms with van der Waals surface area (Å²) in [6, 6.07) is 16.3. The number of carbonyl (C=O) groups excluding carboxylic acids is 1. The molecule has 1 saturated carbocycles. The monoisotopic (exact) mass is 390 g/mol. The highest BCUT2D eigenvalue weighted by Gasteiger charge is 2.41. The van der Waals surface area contributed by atoms with Gasteiger partial charge in [0.15, 0.2) is 0 Å². The maximum atomic E-state index is 13.0. The van der Waals surface area contributed by atoms with Crippen LogP contribution in [0.25, 0.3) is 22.5 Å². The third-order valence-electron chi connectivity index (χ3n) is 5.89. The first-order valence-corrected chi connectivity index (χ1v) is 9.99. The molecule has 0 spiro atoms. The van der Waals surface area contributed by atoms with Gasteiger partial charge in [-0.2, -0.15) is 5.21 Å². The van der Waals surface area contributed by atoms with Gasteiger partial charge in [-0.25, -0.2) is 0 Å². The number of hydrogen-bond acceptors (Lipinski definition) is 5. The molecule has 0 bridgehead atoms. The highest BCUT2D eigenvalue weighted by atomic mass is 16.2. The van der Waals surface area contributed by atoms with Crippen LogP contribution in [0.3, 0.4) is 0 Å². The van der Waals surface area contributed by atoms with E-state index < -0.39 is 5.54 Å². The molecular formula is C22H26N6O. The van der Waals surface area contributed by atoms with Crippen molar-refractivity contribution in [2.24, 2.45) is 0 Å². The summed E-state index contributed by atoms with van der Waals surface area (Å²) in [6.45, 7) is 0.592. The molecule has 29 heavy (non-hydrogen) atoms. The Balaban J connectivity index is 1.51. The fourth-order valence-electron chi connectivity index (χ4n) is 4.26. The Labute approximate surface area is 170 Å². The van der Waals surface area contributed by atoms with Crippen LogP contribution >= 0.6 is 0 Å². The van der Waals surface area contributed by atoms with Crippen LogP contribution in [0.1, 0.15) is 31.2 Å². The van der Waals surface area contributed by atoms with E-state index in [0.717, 1.165) is 47.9 Å². The summed E-state index contributed by atoms with van der Waals surface area (Å²) in [6.07, 6.45) is 4.04. The van der Waals surface area contributed by atoms with E-state index in [4.69, 9.17) is 0 Å². The molecule has 1 aliphatic rings. The topological polar surface area (TPSA) is 86.8 Å². The van der Waals surface area contributed by atoms with Gasteiger partial charge in [-0.3, -0.25) is 4.79 Å². The summed E-state index contributed by atoms with van der Waals surface area (Å²) < 4.78 is 0. The van der Waals surface area contributed by atoms with Crippen molar-refractivity contribution >= 4 is 5.91 Å². The molecule has 0 radical (unpaired) electrons. The number of H-pyrrole nitrogens is 1. The number of likely N-dealkylation sites (N-methyl/N-ethyl adjacent to an activating group) is 2. The van der Waals surface area contributed by atoms with Crippen molar-refractivity contribution in [3.63, 3.8) is 0 Å². The number of nitrogens with one attached hydrogen (secondary N) is 2. The first-order chi connectivity index (χ1) is 14.1. The smallest absolute Gasteiger partial charge is 0.242 e. The molecule has 7 nitrogen and oxygen atoms in total. The molecule has 1 heterocycles. The Kier molecular flexibility index (Phi) is 5.40. The highest BCUT2D eigenvalue weighted by Crippen LogP contribution is 2.32. The number of amides is 1. The summed E-state index contributed by atoms with van der Waals surface area (Å²) in [7, 11) is 3.78. The van der Waals surface area contributed by atoms with Gasteiger partial charge in [0.05, 0.1) is 5.54 Å². The van der Waals surface area contributed by atoms with Gasteiger partial charge >= 0.3 is 0 Å². The average Bonchev–Trinajstić information content (AvgIpc) is 3.46. The fraction of sp³-hybridized carbons (Fsp3) is 0.364. The predicted octanol–water partition coefficient (Wildman–Crippen LogP) is 3.02. The van der Waals surface area contributed by atoms with Gasteiger partial charge in [0.2, 0.25) is 11.7 Å². The third kappa shape index (κ3) is 3.78. The molecule has 150 valence electrons. The molecule has 0 atom stereocenters. The lowest BCUT2D eigenvalue weighted by Gasteiger charge is -2.32. The molecule has 2 aromatic carbocycles. The Hall–Kier alpha value is -3.06. The SMILES string of the molecule is CNC1(C(=O)N(C)Cc2ccc(-c3ccccc3-c3nn[nH]n3)cc2)CCCC1. The van der Waals surface area contributed by atoms with Crippen LogP contribution in [0.4, 0.5) is 0 Å².